The summed E-state index contributed by atoms with van der Waals surface area (Å²) in [4.78, 5) is 12.6. The molecule has 0 spiro atoms. The van der Waals surface area contributed by atoms with Crippen LogP contribution in [0, 0.1) is 12.7 Å². The largest absolute Gasteiger partial charge is 0.280 e. The van der Waals surface area contributed by atoms with Gasteiger partial charge in [-0.3, -0.25) is 9.52 Å². The summed E-state index contributed by atoms with van der Waals surface area (Å²) in [6.45, 7) is 1.70. The molecule has 0 radical (unpaired) electrons. The summed E-state index contributed by atoms with van der Waals surface area (Å²) in [6, 6.07) is 10.4. The number of aryl methyl sites for hydroxylation is 2. The van der Waals surface area contributed by atoms with E-state index in [2.05, 4.69) is 9.82 Å². The molecule has 6 nitrogen and oxygen atoms in total. The number of nitrogens with zero attached hydrogens (tertiary/aromatic N) is 2. The molecular formula is C22H22FN3O3S. The maximum Gasteiger partial charge on any atom is 0.269 e. The van der Waals surface area contributed by atoms with Crippen molar-refractivity contribution in [2.24, 2.45) is 7.05 Å². The summed E-state index contributed by atoms with van der Waals surface area (Å²) in [5.74, 6) is -0.526. The number of fused-ring (bicyclic) bond motifs is 1. The standard InChI is InChI=1S/C22H22FN3O3S/c1-14-10-11-15(21-18-8-3-4-9-19(18)22(27)26(2)24-21)12-20(14)30(28,29)25-17-7-5-6-16(23)13-17/h5-7,10-13,25H,3-4,8-9H2,1-2H3. The van der Waals surface area contributed by atoms with Gasteiger partial charge in [0.2, 0.25) is 0 Å². The summed E-state index contributed by atoms with van der Waals surface area (Å²) in [5, 5.41) is 4.44. The smallest absolute Gasteiger partial charge is 0.269 e. The van der Waals surface area contributed by atoms with Crippen molar-refractivity contribution in [3.05, 3.63) is 75.3 Å². The molecule has 1 N–H and O–H groups in total. The van der Waals surface area contributed by atoms with E-state index < -0.39 is 15.8 Å². The Morgan fingerprint density at radius 1 is 1.07 bits per heavy atom. The highest BCUT2D eigenvalue weighted by atomic mass is 32.2. The summed E-state index contributed by atoms with van der Waals surface area (Å²) >= 11 is 0. The lowest BCUT2D eigenvalue weighted by atomic mass is 9.89. The first-order chi connectivity index (χ1) is 14.3. The zero-order valence-electron chi connectivity index (χ0n) is 16.8. The third-order valence-electron chi connectivity index (χ3n) is 5.38. The monoisotopic (exact) mass is 427 g/mol. The van der Waals surface area contributed by atoms with Gasteiger partial charge in [-0.1, -0.05) is 18.2 Å². The van der Waals surface area contributed by atoms with Crippen molar-refractivity contribution in [2.75, 3.05) is 4.72 Å². The highest BCUT2D eigenvalue weighted by Crippen LogP contribution is 2.31. The zero-order chi connectivity index (χ0) is 21.5. The van der Waals surface area contributed by atoms with E-state index in [0.717, 1.165) is 36.5 Å². The van der Waals surface area contributed by atoms with E-state index in [9.17, 15) is 17.6 Å². The molecule has 2 aromatic carbocycles. The summed E-state index contributed by atoms with van der Waals surface area (Å²) < 4.78 is 43.3. The number of benzene rings is 2. The number of nitrogens with one attached hydrogen (secondary N) is 1. The van der Waals surface area contributed by atoms with Crippen LogP contribution in [-0.2, 0) is 29.9 Å². The predicted molar refractivity (Wildman–Crippen MR) is 114 cm³/mol. The van der Waals surface area contributed by atoms with E-state index in [1.807, 2.05) is 6.07 Å². The number of halogens is 1. The molecule has 30 heavy (non-hydrogen) atoms. The second kappa shape index (κ2) is 7.68. The van der Waals surface area contributed by atoms with Crippen LogP contribution in [0.15, 0.2) is 52.2 Å². The highest BCUT2D eigenvalue weighted by molar-refractivity contribution is 7.92. The minimum Gasteiger partial charge on any atom is -0.280 e. The van der Waals surface area contributed by atoms with Crippen molar-refractivity contribution < 1.29 is 12.8 Å². The van der Waals surface area contributed by atoms with Crippen molar-refractivity contribution >= 4 is 15.7 Å². The molecule has 1 heterocycles. The molecule has 0 saturated carbocycles. The van der Waals surface area contributed by atoms with Gasteiger partial charge in [0.15, 0.2) is 0 Å². The maximum atomic E-state index is 13.5. The Balaban J connectivity index is 1.82. The minimum absolute atomic E-state index is 0.0875. The first-order valence-electron chi connectivity index (χ1n) is 9.75. The maximum absolute atomic E-state index is 13.5. The average Bonchev–Trinajstić information content (AvgIpc) is 2.71. The lowest BCUT2D eigenvalue weighted by Crippen LogP contribution is -2.28. The Morgan fingerprint density at radius 3 is 2.53 bits per heavy atom. The Bertz CT molecular complexity index is 1300. The molecule has 0 bridgehead atoms. The number of sulfonamides is 1. The average molecular weight is 428 g/mol. The molecule has 156 valence electrons. The van der Waals surface area contributed by atoms with Gasteiger partial charge >= 0.3 is 0 Å². The van der Waals surface area contributed by atoms with E-state index in [4.69, 9.17) is 0 Å². The predicted octanol–water partition coefficient (Wildman–Crippen LogP) is 3.57. The normalized spacial score (nSPS) is 13.7. The zero-order valence-corrected chi connectivity index (χ0v) is 17.6. The van der Waals surface area contributed by atoms with E-state index in [1.54, 1.807) is 26.1 Å². The molecule has 0 amide bonds. The van der Waals surface area contributed by atoms with Crippen molar-refractivity contribution in [3.8, 4) is 11.3 Å². The Labute approximate surface area is 174 Å². The molecule has 3 aromatic rings. The molecule has 0 unspecified atom stereocenters. The van der Waals surface area contributed by atoms with E-state index in [0.29, 0.717) is 23.2 Å². The van der Waals surface area contributed by atoms with Gasteiger partial charge in [0.25, 0.3) is 15.6 Å². The van der Waals surface area contributed by atoms with E-state index >= 15 is 0 Å². The van der Waals surface area contributed by atoms with Gasteiger partial charge in [0, 0.05) is 18.2 Å². The quantitative estimate of drug-likeness (QED) is 0.690. The topological polar surface area (TPSA) is 81.1 Å². The summed E-state index contributed by atoms with van der Waals surface area (Å²) in [7, 11) is -2.33. The second-order valence-electron chi connectivity index (χ2n) is 7.54. The first-order valence-corrected chi connectivity index (χ1v) is 11.2. The van der Waals surface area contributed by atoms with Crippen molar-refractivity contribution in [1.82, 2.24) is 9.78 Å². The molecule has 8 heteroatoms. The van der Waals surface area contributed by atoms with Crippen LogP contribution in [0.25, 0.3) is 11.3 Å². The first kappa shape index (κ1) is 20.3. The third kappa shape index (κ3) is 3.75. The Hall–Kier alpha value is -3.00. The van der Waals surface area contributed by atoms with Crippen LogP contribution in [0.4, 0.5) is 10.1 Å². The van der Waals surface area contributed by atoms with Crippen LogP contribution in [-0.4, -0.2) is 18.2 Å². The number of hydrogen-bond donors (Lipinski definition) is 1. The minimum atomic E-state index is -3.94. The molecule has 0 saturated heterocycles. The van der Waals surface area contributed by atoms with Crippen molar-refractivity contribution in [3.63, 3.8) is 0 Å². The van der Waals surface area contributed by atoms with Gasteiger partial charge in [-0.15, -0.1) is 0 Å². The van der Waals surface area contributed by atoms with Gasteiger partial charge in [-0.05, 0) is 68.0 Å². The van der Waals surface area contributed by atoms with Crippen LogP contribution in [0.2, 0.25) is 0 Å². The van der Waals surface area contributed by atoms with Gasteiger partial charge in [0.05, 0.1) is 16.3 Å². The van der Waals surface area contributed by atoms with Crippen LogP contribution in [0.5, 0.6) is 0 Å². The molecule has 1 aliphatic carbocycles. The summed E-state index contributed by atoms with van der Waals surface area (Å²) in [5.41, 5.74) is 3.54. The van der Waals surface area contributed by atoms with Crippen LogP contribution < -0.4 is 10.3 Å². The molecule has 0 aliphatic heterocycles. The van der Waals surface area contributed by atoms with Gasteiger partial charge < -0.3 is 0 Å². The molecule has 0 atom stereocenters. The third-order valence-corrected chi connectivity index (χ3v) is 6.91. The lowest BCUT2D eigenvalue weighted by molar-refractivity contribution is 0.600. The van der Waals surface area contributed by atoms with Crippen LogP contribution in [0.3, 0.4) is 0 Å². The van der Waals surface area contributed by atoms with Gasteiger partial charge in [-0.25, -0.2) is 17.5 Å². The van der Waals surface area contributed by atoms with Gasteiger partial charge in [0.1, 0.15) is 5.82 Å². The fraction of sp³-hybridized carbons (Fsp3) is 0.273. The van der Waals surface area contributed by atoms with Crippen LogP contribution in [0.1, 0.15) is 29.5 Å². The molecule has 1 aliphatic rings. The highest BCUT2D eigenvalue weighted by Gasteiger charge is 2.23. The summed E-state index contributed by atoms with van der Waals surface area (Å²) in [6.07, 6.45) is 3.37. The van der Waals surface area contributed by atoms with E-state index in [-0.39, 0.29) is 16.1 Å². The Kier molecular flexibility index (Phi) is 5.19. The lowest BCUT2D eigenvalue weighted by Gasteiger charge is -2.20. The number of aromatic nitrogens is 2. The molecule has 1 aromatic heterocycles. The number of rotatable bonds is 4. The fourth-order valence-corrected chi connectivity index (χ4v) is 5.21. The van der Waals surface area contributed by atoms with Crippen LogP contribution >= 0.6 is 0 Å². The van der Waals surface area contributed by atoms with Gasteiger partial charge in [-0.2, -0.15) is 5.10 Å². The number of anilines is 1. The Morgan fingerprint density at radius 2 is 1.80 bits per heavy atom. The molecule has 4 rings (SSSR count). The van der Waals surface area contributed by atoms with Crippen molar-refractivity contribution in [2.45, 2.75) is 37.5 Å². The molecule has 0 fully saturated rings. The SMILES string of the molecule is Cc1ccc(-c2nn(C)c(=O)c3c2CCCC3)cc1S(=O)(=O)Nc1cccc(F)c1. The van der Waals surface area contributed by atoms with Crippen molar-refractivity contribution in [1.29, 1.82) is 0 Å². The second-order valence-corrected chi connectivity index (χ2v) is 9.19. The molecular weight excluding hydrogens is 405 g/mol. The fourth-order valence-electron chi connectivity index (χ4n) is 3.88. The number of hydrogen-bond acceptors (Lipinski definition) is 4. The van der Waals surface area contributed by atoms with E-state index in [1.165, 1.54) is 22.9 Å².